The molecule has 39 heavy (non-hydrogen) atoms. The van der Waals surface area contributed by atoms with Crippen molar-refractivity contribution in [1.29, 1.82) is 0 Å². The minimum atomic E-state index is -1.52. The third-order valence-electron chi connectivity index (χ3n) is 5.84. The lowest BCUT2D eigenvalue weighted by Gasteiger charge is -2.50. The SMILES string of the molecule is CO/N=C(/C(=O)N[C@@H]1C(=O)N2C(C(=O)[O-])=C(C[n+]3cccc(-c4nn(N)c(=O)[nH]4)c3)CS[C@H]12)c1csc(N)n1. The number of nitrogens with zero attached hydrogens (tertiary/aromatic N) is 6. The van der Waals surface area contributed by atoms with E-state index in [1.165, 1.54) is 24.3 Å². The van der Waals surface area contributed by atoms with Gasteiger partial charge in [-0.25, -0.2) is 14.3 Å². The highest BCUT2D eigenvalue weighted by Crippen LogP contribution is 2.40. The molecule has 16 nitrogen and oxygen atoms in total. The van der Waals surface area contributed by atoms with Crippen molar-refractivity contribution in [3.8, 4) is 11.4 Å². The summed E-state index contributed by atoms with van der Waals surface area (Å²) >= 11 is 2.39. The van der Waals surface area contributed by atoms with Crippen molar-refractivity contribution in [3.05, 3.63) is 57.4 Å². The maximum absolute atomic E-state index is 13.0. The van der Waals surface area contributed by atoms with Crippen LogP contribution in [0.5, 0.6) is 0 Å². The van der Waals surface area contributed by atoms with E-state index in [2.05, 4.69) is 25.5 Å². The summed E-state index contributed by atoms with van der Waals surface area (Å²) in [6.45, 7) is 0.112. The quantitative estimate of drug-likeness (QED) is 0.0688. The third kappa shape index (κ3) is 4.81. The van der Waals surface area contributed by atoms with E-state index in [1.807, 2.05) is 0 Å². The van der Waals surface area contributed by atoms with Crippen LogP contribution in [-0.4, -0.2) is 72.5 Å². The zero-order chi connectivity index (χ0) is 27.8. The molecular formula is C21H20N10O6S2. The number of thioether (sulfide) groups is 1. The number of carboxylic acids is 1. The summed E-state index contributed by atoms with van der Waals surface area (Å²) in [5.74, 6) is 3.08. The third-order valence-corrected chi connectivity index (χ3v) is 7.85. The number of hydrogen-bond donors (Lipinski definition) is 4. The van der Waals surface area contributed by atoms with Crippen molar-refractivity contribution in [2.24, 2.45) is 5.16 Å². The number of aliphatic carboxylic acids is 1. The van der Waals surface area contributed by atoms with Crippen molar-refractivity contribution >= 4 is 51.7 Å². The predicted molar refractivity (Wildman–Crippen MR) is 136 cm³/mol. The van der Waals surface area contributed by atoms with E-state index in [1.54, 1.807) is 29.1 Å². The molecule has 1 saturated heterocycles. The number of carbonyl (C=O) groups is 3. The molecular weight excluding hydrogens is 552 g/mol. The Labute approximate surface area is 226 Å². The fourth-order valence-electron chi connectivity index (χ4n) is 4.14. The maximum Gasteiger partial charge on any atom is 0.362 e. The van der Waals surface area contributed by atoms with E-state index in [9.17, 15) is 24.3 Å². The number of fused-ring (bicyclic) bond motifs is 1. The van der Waals surface area contributed by atoms with Gasteiger partial charge >= 0.3 is 5.69 Å². The van der Waals surface area contributed by atoms with Gasteiger partial charge in [-0.2, -0.15) is 0 Å². The number of oxime groups is 1. The number of thiazole rings is 1. The van der Waals surface area contributed by atoms with Crippen LogP contribution in [0.1, 0.15) is 5.69 Å². The summed E-state index contributed by atoms with van der Waals surface area (Å²) in [5.41, 5.74) is 5.75. The normalized spacial score (nSPS) is 18.9. The van der Waals surface area contributed by atoms with Gasteiger partial charge in [0.05, 0.1) is 17.2 Å². The molecule has 0 bridgehead atoms. The van der Waals surface area contributed by atoms with Crippen molar-refractivity contribution < 1.29 is 28.9 Å². The van der Waals surface area contributed by atoms with Crippen LogP contribution in [0, 0.1) is 0 Å². The molecule has 1 fully saturated rings. The Kier molecular flexibility index (Phi) is 6.79. The number of nitrogens with two attached hydrogens (primary N) is 2. The van der Waals surface area contributed by atoms with Gasteiger partial charge in [-0.05, 0) is 6.07 Å². The second kappa shape index (κ2) is 10.2. The lowest BCUT2D eigenvalue weighted by atomic mass is 10.0. The molecule has 5 heterocycles. The minimum Gasteiger partial charge on any atom is -0.543 e. The number of β-lactam (4-membered cyclic amide) rings is 1. The number of carbonyl (C=O) groups excluding carboxylic acids is 3. The zero-order valence-corrected chi connectivity index (χ0v) is 21.7. The number of aromatic amines is 1. The van der Waals surface area contributed by atoms with Crippen molar-refractivity contribution in [2.75, 3.05) is 24.4 Å². The van der Waals surface area contributed by atoms with Gasteiger partial charge in [0.15, 0.2) is 35.6 Å². The van der Waals surface area contributed by atoms with Crippen molar-refractivity contribution in [1.82, 2.24) is 30.1 Å². The summed E-state index contributed by atoms with van der Waals surface area (Å²) < 4.78 is 1.68. The van der Waals surface area contributed by atoms with Crippen LogP contribution in [0.3, 0.4) is 0 Å². The molecule has 2 aliphatic heterocycles. The molecule has 5 rings (SSSR count). The Morgan fingerprint density at radius 1 is 1.41 bits per heavy atom. The maximum atomic E-state index is 13.0. The van der Waals surface area contributed by atoms with Gasteiger partial charge in [-0.15, -0.1) is 33.0 Å². The van der Waals surface area contributed by atoms with Crippen LogP contribution in [0.2, 0.25) is 0 Å². The summed E-state index contributed by atoms with van der Waals surface area (Å²) in [6.07, 6.45) is 3.35. The second-order valence-corrected chi connectivity index (χ2v) is 10.3. The smallest absolute Gasteiger partial charge is 0.362 e. The topological polar surface area (TPSA) is 231 Å². The van der Waals surface area contributed by atoms with Gasteiger partial charge in [0.1, 0.15) is 24.2 Å². The molecule has 2 aliphatic rings. The van der Waals surface area contributed by atoms with Gasteiger partial charge in [0.25, 0.3) is 11.8 Å². The summed E-state index contributed by atoms with van der Waals surface area (Å²) in [4.78, 5) is 62.8. The van der Waals surface area contributed by atoms with Crippen molar-refractivity contribution in [2.45, 2.75) is 18.0 Å². The van der Waals surface area contributed by atoms with E-state index in [4.69, 9.17) is 16.4 Å². The van der Waals surface area contributed by atoms with Crippen LogP contribution in [0.25, 0.3) is 11.4 Å². The number of nitrogens with one attached hydrogen (secondary N) is 2. The van der Waals surface area contributed by atoms with E-state index in [0.717, 1.165) is 16.2 Å². The highest BCUT2D eigenvalue weighted by Gasteiger charge is 2.53. The zero-order valence-electron chi connectivity index (χ0n) is 20.1. The van der Waals surface area contributed by atoms with Gasteiger partial charge in [0.2, 0.25) is 0 Å². The molecule has 202 valence electrons. The number of H-pyrrole nitrogens is 1. The molecule has 3 aromatic heterocycles. The molecule has 0 unspecified atom stereocenters. The van der Waals surface area contributed by atoms with E-state index in [-0.39, 0.29) is 40.4 Å². The monoisotopic (exact) mass is 572 g/mol. The predicted octanol–water partition coefficient (Wildman–Crippen LogP) is -3.27. The Hall–Kier alpha value is -4.71. The summed E-state index contributed by atoms with van der Waals surface area (Å²) in [5, 5.41) is 23.4. The first-order valence-electron chi connectivity index (χ1n) is 11.1. The number of carboxylic acid groups (broad SMARTS) is 1. The van der Waals surface area contributed by atoms with Gasteiger partial charge in [-0.3, -0.25) is 19.5 Å². The molecule has 6 N–H and O–H groups in total. The molecule has 3 aromatic rings. The number of anilines is 1. The fraction of sp³-hybridized carbons (Fsp3) is 0.238. The number of hydrogen-bond acceptors (Lipinski definition) is 13. The van der Waals surface area contributed by atoms with Crippen LogP contribution < -0.4 is 32.3 Å². The number of amides is 2. The minimum absolute atomic E-state index is 0.112. The van der Waals surface area contributed by atoms with Crippen molar-refractivity contribution in [3.63, 3.8) is 0 Å². The lowest BCUT2D eigenvalue weighted by molar-refractivity contribution is -0.688. The standard InChI is InChI=1S/C21H20N10O6S2/c1-37-28-12(11-8-39-20(22)24-11)16(32)25-13-17(33)30-14(19(34)35)10(7-38-18(13)30)6-29-4-2-3-9(5-29)15-26-21(36)31(23)27-15/h2-5,8,13,18H,6-7,23H2,1H3,(H4-,22,24,25,26,27,32,34,35,36)/b28-12+/t13-,18-/m1/s1. The largest absolute Gasteiger partial charge is 0.543 e. The van der Waals surface area contributed by atoms with Crippen LogP contribution in [0.15, 0.2) is 51.1 Å². The first-order valence-corrected chi connectivity index (χ1v) is 13.1. The first-order chi connectivity index (χ1) is 18.7. The molecule has 18 heteroatoms. The summed E-state index contributed by atoms with van der Waals surface area (Å²) in [6, 6.07) is 2.38. The van der Waals surface area contributed by atoms with Gasteiger partial charge in [0, 0.05) is 22.8 Å². The molecule has 2 atom stereocenters. The number of nitrogen functional groups attached to an aromatic ring is 2. The fourth-order valence-corrected chi connectivity index (χ4v) is 6.03. The van der Waals surface area contributed by atoms with E-state index < -0.39 is 34.9 Å². The number of rotatable bonds is 8. The number of aromatic nitrogens is 5. The Morgan fingerprint density at radius 3 is 2.85 bits per heavy atom. The first kappa shape index (κ1) is 25.9. The highest BCUT2D eigenvalue weighted by molar-refractivity contribution is 8.00. The average Bonchev–Trinajstić information content (AvgIpc) is 3.49. The molecule has 0 aromatic carbocycles. The number of pyridine rings is 1. The molecule has 2 amide bonds. The molecule has 0 spiro atoms. The lowest BCUT2D eigenvalue weighted by Crippen LogP contribution is -2.71. The van der Waals surface area contributed by atoms with Gasteiger partial charge < -0.3 is 31.6 Å². The van der Waals surface area contributed by atoms with Crippen LogP contribution >= 0.6 is 23.1 Å². The Bertz CT molecular complexity index is 1610. The van der Waals surface area contributed by atoms with Crippen LogP contribution in [-0.2, 0) is 25.8 Å². The van der Waals surface area contributed by atoms with E-state index in [0.29, 0.717) is 15.9 Å². The molecule has 0 radical (unpaired) electrons. The molecule has 0 saturated carbocycles. The molecule has 0 aliphatic carbocycles. The Balaban J connectivity index is 1.35. The van der Waals surface area contributed by atoms with Crippen LogP contribution in [0.4, 0.5) is 5.13 Å². The average molecular weight is 573 g/mol. The van der Waals surface area contributed by atoms with Gasteiger partial charge in [-0.1, -0.05) is 5.16 Å². The second-order valence-electron chi connectivity index (χ2n) is 8.28. The highest BCUT2D eigenvalue weighted by atomic mass is 32.2. The van der Waals surface area contributed by atoms with E-state index >= 15 is 0 Å². The summed E-state index contributed by atoms with van der Waals surface area (Å²) in [7, 11) is 1.26. The Morgan fingerprint density at radius 2 is 2.21 bits per heavy atom.